The van der Waals surface area contributed by atoms with Gasteiger partial charge in [-0.15, -0.1) is 0 Å². The molecule has 0 amide bonds. The van der Waals surface area contributed by atoms with Crippen LogP contribution in [-0.4, -0.2) is 7.11 Å². The third-order valence-electron chi connectivity index (χ3n) is 2.18. The molecule has 1 rings (SSSR count). The van der Waals surface area contributed by atoms with Crippen LogP contribution in [0.2, 0.25) is 0 Å². The van der Waals surface area contributed by atoms with Gasteiger partial charge in [-0.3, -0.25) is 0 Å². The van der Waals surface area contributed by atoms with Crippen molar-refractivity contribution >= 4 is 0 Å². The van der Waals surface area contributed by atoms with Crippen molar-refractivity contribution in [3.8, 4) is 5.75 Å². The Morgan fingerprint density at radius 1 is 1.23 bits per heavy atom. The molecule has 0 fully saturated rings. The predicted molar refractivity (Wildman–Crippen MR) is 56.2 cm³/mol. The Morgan fingerprint density at radius 2 is 1.92 bits per heavy atom. The normalized spacial score (nSPS) is 10.5. The molecule has 0 bridgehead atoms. The molecule has 0 spiro atoms. The smallest absolute Gasteiger partial charge is 0.122 e. The first kappa shape index (κ1) is 10.1. The van der Waals surface area contributed by atoms with Gasteiger partial charge in [0.2, 0.25) is 0 Å². The molecule has 0 N–H and O–H groups in total. The van der Waals surface area contributed by atoms with Crippen molar-refractivity contribution in [2.45, 2.75) is 26.7 Å². The van der Waals surface area contributed by atoms with E-state index in [0.29, 0.717) is 0 Å². The minimum Gasteiger partial charge on any atom is -0.496 e. The number of para-hydroxylation sites is 1. The molecule has 1 heteroatoms. The lowest BCUT2D eigenvalue weighted by Gasteiger charge is -2.09. The van der Waals surface area contributed by atoms with Crippen LogP contribution in [-0.2, 0) is 6.42 Å². The van der Waals surface area contributed by atoms with Crippen molar-refractivity contribution in [1.29, 1.82) is 0 Å². The average molecular weight is 178 g/mol. The molecule has 0 aromatic heterocycles. The summed E-state index contributed by atoms with van der Waals surface area (Å²) < 4.78 is 5.28. The Bertz CT molecular complexity index is 253. The van der Waals surface area contributed by atoms with Crippen LogP contribution in [0.4, 0.5) is 0 Å². The highest BCUT2D eigenvalue weighted by molar-refractivity contribution is 5.33. The van der Waals surface area contributed by atoms with Crippen molar-refractivity contribution in [3.63, 3.8) is 0 Å². The molecule has 13 heavy (non-hydrogen) atoms. The summed E-state index contributed by atoms with van der Waals surface area (Å²) in [5, 5.41) is 0. The SMILES string of the molecule is COc1ccccc1CCC(C)C. The van der Waals surface area contributed by atoms with Crippen LogP contribution >= 0.6 is 0 Å². The van der Waals surface area contributed by atoms with Crippen LogP contribution in [0.1, 0.15) is 25.8 Å². The summed E-state index contributed by atoms with van der Waals surface area (Å²) >= 11 is 0. The van der Waals surface area contributed by atoms with E-state index in [1.165, 1.54) is 12.0 Å². The monoisotopic (exact) mass is 178 g/mol. The first-order valence-corrected chi connectivity index (χ1v) is 4.86. The maximum absolute atomic E-state index is 5.28. The van der Waals surface area contributed by atoms with E-state index < -0.39 is 0 Å². The second-order valence-corrected chi connectivity index (χ2v) is 3.74. The van der Waals surface area contributed by atoms with Crippen molar-refractivity contribution < 1.29 is 4.74 Å². The average Bonchev–Trinajstić information content (AvgIpc) is 2.15. The maximum Gasteiger partial charge on any atom is 0.122 e. The second-order valence-electron chi connectivity index (χ2n) is 3.74. The fourth-order valence-electron chi connectivity index (χ4n) is 1.35. The summed E-state index contributed by atoms with van der Waals surface area (Å²) in [4.78, 5) is 0. The van der Waals surface area contributed by atoms with Gasteiger partial charge >= 0.3 is 0 Å². The van der Waals surface area contributed by atoms with Crippen LogP contribution < -0.4 is 4.74 Å². The van der Waals surface area contributed by atoms with E-state index in [1.54, 1.807) is 7.11 Å². The summed E-state index contributed by atoms with van der Waals surface area (Å²) in [5.74, 6) is 1.77. The third kappa shape index (κ3) is 3.10. The van der Waals surface area contributed by atoms with Gasteiger partial charge in [0.1, 0.15) is 5.75 Å². The van der Waals surface area contributed by atoms with Gasteiger partial charge in [-0.2, -0.15) is 0 Å². The fourth-order valence-corrected chi connectivity index (χ4v) is 1.35. The highest BCUT2D eigenvalue weighted by Crippen LogP contribution is 2.20. The van der Waals surface area contributed by atoms with Crippen molar-refractivity contribution in [2.24, 2.45) is 5.92 Å². The van der Waals surface area contributed by atoms with E-state index in [1.807, 2.05) is 12.1 Å². The molecule has 1 nitrogen and oxygen atoms in total. The van der Waals surface area contributed by atoms with Gasteiger partial charge in [0.05, 0.1) is 7.11 Å². The van der Waals surface area contributed by atoms with E-state index in [0.717, 1.165) is 18.1 Å². The summed E-state index contributed by atoms with van der Waals surface area (Å²) in [7, 11) is 1.73. The topological polar surface area (TPSA) is 9.23 Å². The van der Waals surface area contributed by atoms with E-state index in [9.17, 15) is 0 Å². The third-order valence-corrected chi connectivity index (χ3v) is 2.18. The van der Waals surface area contributed by atoms with Crippen molar-refractivity contribution in [1.82, 2.24) is 0 Å². The lowest BCUT2D eigenvalue weighted by Crippen LogP contribution is -1.95. The van der Waals surface area contributed by atoms with E-state index in [4.69, 9.17) is 4.74 Å². The molecule has 0 aliphatic heterocycles. The second kappa shape index (κ2) is 4.90. The molecule has 72 valence electrons. The van der Waals surface area contributed by atoms with Gasteiger partial charge in [0.25, 0.3) is 0 Å². The number of hydrogen-bond acceptors (Lipinski definition) is 1. The van der Waals surface area contributed by atoms with Gasteiger partial charge < -0.3 is 4.74 Å². The van der Waals surface area contributed by atoms with Gasteiger partial charge in [0.15, 0.2) is 0 Å². The Hall–Kier alpha value is -0.980. The van der Waals surface area contributed by atoms with Crippen molar-refractivity contribution in [2.75, 3.05) is 7.11 Å². The number of methoxy groups -OCH3 is 1. The van der Waals surface area contributed by atoms with E-state index in [-0.39, 0.29) is 0 Å². The highest BCUT2D eigenvalue weighted by atomic mass is 16.5. The Labute approximate surface area is 80.7 Å². The molecule has 1 aromatic rings. The van der Waals surface area contributed by atoms with E-state index in [2.05, 4.69) is 26.0 Å². The largest absolute Gasteiger partial charge is 0.496 e. The summed E-state index contributed by atoms with van der Waals surface area (Å²) in [6, 6.07) is 8.24. The van der Waals surface area contributed by atoms with Crippen LogP contribution in [0.5, 0.6) is 5.75 Å². The summed E-state index contributed by atoms with van der Waals surface area (Å²) in [6.45, 7) is 4.49. The zero-order valence-electron chi connectivity index (χ0n) is 8.71. The van der Waals surface area contributed by atoms with Crippen LogP contribution in [0.3, 0.4) is 0 Å². The lowest BCUT2D eigenvalue weighted by atomic mass is 10.0. The highest BCUT2D eigenvalue weighted by Gasteiger charge is 2.02. The molecule has 1 aromatic carbocycles. The molecular weight excluding hydrogens is 160 g/mol. The van der Waals surface area contributed by atoms with Crippen LogP contribution in [0, 0.1) is 5.92 Å². The summed E-state index contributed by atoms with van der Waals surface area (Å²) in [5.41, 5.74) is 1.32. The molecule has 0 radical (unpaired) electrons. The number of benzene rings is 1. The predicted octanol–water partition coefficient (Wildman–Crippen LogP) is 3.28. The molecule has 0 atom stereocenters. The molecule has 0 saturated heterocycles. The van der Waals surface area contributed by atoms with Crippen LogP contribution in [0.15, 0.2) is 24.3 Å². The van der Waals surface area contributed by atoms with E-state index >= 15 is 0 Å². The molecule has 0 saturated carbocycles. The number of rotatable bonds is 4. The molecule has 0 heterocycles. The molecule has 0 unspecified atom stereocenters. The molecular formula is C12H18O. The van der Waals surface area contributed by atoms with Gasteiger partial charge in [-0.1, -0.05) is 32.0 Å². The summed E-state index contributed by atoms with van der Waals surface area (Å²) in [6.07, 6.45) is 2.34. The number of aryl methyl sites for hydroxylation is 1. The molecule has 0 aliphatic carbocycles. The number of ether oxygens (including phenoxy) is 1. The quantitative estimate of drug-likeness (QED) is 0.687. The van der Waals surface area contributed by atoms with Gasteiger partial charge in [-0.25, -0.2) is 0 Å². The Morgan fingerprint density at radius 3 is 2.54 bits per heavy atom. The molecule has 0 aliphatic rings. The van der Waals surface area contributed by atoms with Crippen LogP contribution in [0.25, 0.3) is 0 Å². The minimum atomic E-state index is 0.755. The first-order valence-electron chi connectivity index (χ1n) is 4.86. The minimum absolute atomic E-state index is 0.755. The van der Waals surface area contributed by atoms with Gasteiger partial charge in [-0.05, 0) is 30.4 Å². The maximum atomic E-state index is 5.28. The fraction of sp³-hybridized carbons (Fsp3) is 0.500. The zero-order chi connectivity index (χ0) is 9.68. The van der Waals surface area contributed by atoms with Gasteiger partial charge in [0, 0.05) is 0 Å². The number of hydrogen-bond donors (Lipinski definition) is 0. The lowest BCUT2D eigenvalue weighted by molar-refractivity contribution is 0.407. The van der Waals surface area contributed by atoms with Crippen molar-refractivity contribution in [3.05, 3.63) is 29.8 Å². The first-order chi connectivity index (χ1) is 6.24. The standard InChI is InChI=1S/C12H18O/c1-10(2)8-9-11-6-4-5-7-12(11)13-3/h4-7,10H,8-9H2,1-3H3. The Kier molecular flexibility index (Phi) is 3.81. The zero-order valence-corrected chi connectivity index (χ0v) is 8.71. The Balaban J connectivity index is 2.64.